The van der Waals surface area contributed by atoms with Gasteiger partial charge in [0.25, 0.3) is 0 Å². The third-order valence-corrected chi connectivity index (χ3v) is 3.33. The molecule has 20 heavy (non-hydrogen) atoms. The van der Waals surface area contributed by atoms with Crippen molar-refractivity contribution in [1.82, 2.24) is 15.1 Å². The quantitative estimate of drug-likeness (QED) is 0.895. The highest BCUT2D eigenvalue weighted by Gasteiger charge is 2.22. The lowest BCUT2D eigenvalue weighted by atomic mass is 10.2. The summed E-state index contributed by atoms with van der Waals surface area (Å²) in [5, 5.41) is 9.98. The van der Waals surface area contributed by atoms with Crippen molar-refractivity contribution in [2.24, 2.45) is 0 Å². The highest BCUT2D eigenvalue weighted by Crippen LogP contribution is 2.15. The Balaban J connectivity index is 1.74. The van der Waals surface area contributed by atoms with E-state index >= 15 is 0 Å². The highest BCUT2D eigenvalue weighted by molar-refractivity contribution is 5.94. The zero-order chi connectivity index (χ0) is 13.9. The number of aromatic nitrogens is 2. The molecule has 0 spiro atoms. The van der Waals surface area contributed by atoms with Crippen LogP contribution in [0, 0.1) is 5.82 Å². The van der Waals surface area contributed by atoms with Gasteiger partial charge in [0, 0.05) is 0 Å². The Morgan fingerprint density at radius 3 is 3.05 bits per heavy atom. The van der Waals surface area contributed by atoms with Crippen molar-refractivity contribution in [1.29, 1.82) is 0 Å². The molecule has 104 valence electrons. The second kappa shape index (κ2) is 5.42. The van der Waals surface area contributed by atoms with Crippen LogP contribution in [0.2, 0.25) is 0 Å². The van der Waals surface area contributed by atoms with Crippen LogP contribution in [0.25, 0.3) is 5.69 Å². The van der Waals surface area contributed by atoms with Crippen LogP contribution in [0.5, 0.6) is 0 Å². The Morgan fingerprint density at radius 1 is 1.45 bits per heavy atom. The van der Waals surface area contributed by atoms with Gasteiger partial charge in [-0.05, 0) is 31.5 Å². The Kier molecular flexibility index (Phi) is 3.47. The van der Waals surface area contributed by atoms with E-state index in [2.05, 4.69) is 15.7 Å². The minimum absolute atomic E-state index is 0.0735. The average Bonchev–Trinajstić information content (AvgIpc) is 3.10. The highest BCUT2D eigenvalue weighted by atomic mass is 19.1. The molecule has 0 aliphatic carbocycles. The predicted molar refractivity (Wildman–Crippen MR) is 73.2 cm³/mol. The van der Waals surface area contributed by atoms with E-state index in [0.29, 0.717) is 11.4 Å². The molecule has 1 aliphatic heterocycles. The summed E-state index contributed by atoms with van der Waals surface area (Å²) in [7, 11) is 0. The zero-order valence-electron chi connectivity index (χ0n) is 10.8. The Bertz CT molecular complexity index is 619. The van der Waals surface area contributed by atoms with Crippen molar-refractivity contribution in [3.8, 4) is 5.69 Å². The Labute approximate surface area is 115 Å². The first-order valence-electron chi connectivity index (χ1n) is 6.58. The third-order valence-electron chi connectivity index (χ3n) is 3.33. The number of nitrogens with one attached hydrogen (secondary N) is 2. The Hall–Kier alpha value is -2.21. The number of para-hydroxylation sites is 1. The summed E-state index contributed by atoms with van der Waals surface area (Å²) >= 11 is 0. The largest absolute Gasteiger partial charge is 0.322 e. The number of hydrogen-bond donors (Lipinski definition) is 2. The van der Waals surface area contributed by atoms with E-state index in [9.17, 15) is 9.18 Å². The lowest BCUT2D eigenvalue weighted by Crippen LogP contribution is -2.35. The molecular weight excluding hydrogens is 259 g/mol. The molecule has 5 nitrogen and oxygen atoms in total. The van der Waals surface area contributed by atoms with Crippen LogP contribution >= 0.6 is 0 Å². The van der Waals surface area contributed by atoms with Gasteiger partial charge in [0.2, 0.25) is 5.91 Å². The molecule has 2 heterocycles. The van der Waals surface area contributed by atoms with Crippen LogP contribution < -0.4 is 10.6 Å². The molecule has 1 aromatic carbocycles. The number of nitrogens with zero attached hydrogens (tertiary/aromatic N) is 2. The molecule has 0 radical (unpaired) electrons. The van der Waals surface area contributed by atoms with E-state index in [1.54, 1.807) is 24.4 Å². The summed E-state index contributed by atoms with van der Waals surface area (Å²) in [6.07, 6.45) is 4.96. The molecule has 1 atom stereocenters. The fraction of sp³-hybridized carbons (Fsp3) is 0.286. The van der Waals surface area contributed by atoms with Crippen molar-refractivity contribution in [3.63, 3.8) is 0 Å². The fourth-order valence-electron chi connectivity index (χ4n) is 2.29. The summed E-state index contributed by atoms with van der Waals surface area (Å²) in [5.41, 5.74) is 0.916. The lowest BCUT2D eigenvalue weighted by Gasteiger charge is -2.09. The number of hydrogen-bond acceptors (Lipinski definition) is 3. The van der Waals surface area contributed by atoms with Gasteiger partial charge in [0.05, 0.1) is 24.1 Å². The summed E-state index contributed by atoms with van der Waals surface area (Å²) < 4.78 is 15.0. The first-order chi connectivity index (χ1) is 9.74. The van der Waals surface area contributed by atoms with Crippen LogP contribution in [0.15, 0.2) is 36.7 Å². The van der Waals surface area contributed by atoms with Crippen LogP contribution in [0.1, 0.15) is 12.8 Å². The SMILES string of the molecule is O=C(Nc1cnn(-c2ccccc2F)c1)C1CCCN1. The number of carbonyl (C=O) groups excluding carboxylic acids is 1. The zero-order valence-corrected chi connectivity index (χ0v) is 10.8. The van der Waals surface area contributed by atoms with Gasteiger partial charge in [-0.25, -0.2) is 9.07 Å². The summed E-state index contributed by atoms with van der Waals surface area (Å²) in [6, 6.07) is 6.22. The summed E-state index contributed by atoms with van der Waals surface area (Å²) in [5.74, 6) is -0.429. The molecule has 6 heteroatoms. The molecule has 3 rings (SSSR count). The van der Waals surface area contributed by atoms with E-state index in [1.165, 1.54) is 16.9 Å². The van der Waals surface area contributed by atoms with E-state index in [-0.39, 0.29) is 17.8 Å². The monoisotopic (exact) mass is 274 g/mol. The smallest absolute Gasteiger partial charge is 0.241 e. The molecule has 2 N–H and O–H groups in total. The lowest BCUT2D eigenvalue weighted by molar-refractivity contribution is -0.117. The minimum atomic E-state index is -0.356. The maximum Gasteiger partial charge on any atom is 0.241 e. The van der Waals surface area contributed by atoms with E-state index in [4.69, 9.17) is 0 Å². The van der Waals surface area contributed by atoms with E-state index in [1.807, 2.05) is 0 Å². The first-order valence-corrected chi connectivity index (χ1v) is 6.58. The number of amides is 1. The molecule has 1 aliphatic rings. The first kappa shape index (κ1) is 12.8. The molecule has 1 fully saturated rings. The van der Waals surface area contributed by atoms with Crippen molar-refractivity contribution in [2.75, 3.05) is 11.9 Å². The predicted octanol–water partition coefficient (Wildman–Crippen LogP) is 1.70. The minimum Gasteiger partial charge on any atom is -0.322 e. The van der Waals surface area contributed by atoms with Gasteiger partial charge >= 0.3 is 0 Å². The maximum atomic E-state index is 13.6. The molecule has 1 amide bonds. The van der Waals surface area contributed by atoms with Crippen molar-refractivity contribution < 1.29 is 9.18 Å². The molecule has 2 aromatic rings. The molecular formula is C14H15FN4O. The van der Waals surface area contributed by atoms with Crippen molar-refractivity contribution in [3.05, 3.63) is 42.5 Å². The van der Waals surface area contributed by atoms with Gasteiger partial charge in [-0.2, -0.15) is 5.10 Å². The van der Waals surface area contributed by atoms with Crippen LogP contribution in [0.4, 0.5) is 10.1 Å². The standard InChI is InChI=1S/C14H15FN4O/c15-11-4-1-2-6-13(11)19-9-10(8-17-19)18-14(20)12-5-3-7-16-12/h1-2,4,6,8-9,12,16H,3,5,7H2,(H,18,20). The molecule has 1 aromatic heterocycles. The van der Waals surface area contributed by atoms with Crippen LogP contribution in [0.3, 0.4) is 0 Å². The Morgan fingerprint density at radius 2 is 2.30 bits per heavy atom. The maximum absolute atomic E-state index is 13.6. The molecule has 1 unspecified atom stereocenters. The van der Waals surface area contributed by atoms with Crippen LogP contribution in [-0.2, 0) is 4.79 Å². The summed E-state index contributed by atoms with van der Waals surface area (Å²) in [4.78, 5) is 11.9. The van der Waals surface area contributed by atoms with Crippen molar-refractivity contribution in [2.45, 2.75) is 18.9 Å². The van der Waals surface area contributed by atoms with Gasteiger partial charge in [0.1, 0.15) is 11.5 Å². The van der Waals surface area contributed by atoms with Gasteiger partial charge in [-0.1, -0.05) is 12.1 Å². The number of benzene rings is 1. The topological polar surface area (TPSA) is 59.0 Å². The number of anilines is 1. The second-order valence-electron chi connectivity index (χ2n) is 4.76. The van der Waals surface area contributed by atoms with Crippen molar-refractivity contribution >= 4 is 11.6 Å². The van der Waals surface area contributed by atoms with Gasteiger partial charge in [0.15, 0.2) is 0 Å². The number of halogens is 1. The summed E-state index contributed by atoms with van der Waals surface area (Å²) in [6.45, 7) is 0.868. The van der Waals surface area contributed by atoms with Gasteiger partial charge in [-0.15, -0.1) is 0 Å². The molecule has 0 bridgehead atoms. The van der Waals surface area contributed by atoms with Gasteiger partial charge < -0.3 is 10.6 Å². The second-order valence-corrected chi connectivity index (χ2v) is 4.76. The number of carbonyl (C=O) groups is 1. The van der Waals surface area contributed by atoms with E-state index < -0.39 is 0 Å². The normalized spacial score (nSPS) is 18.1. The van der Waals surface area contributed by atoms with Gasteiger partial charge in [-0.3, -0.25) is 4.79 Å². The average molecular weight is 274 g/mol. The van der Waals surface area contributed by atoms with E-state index in [0.717, 1.165) is 19.4 Å². The van der Waals surface area contributed by atoms with Crippen LogP contribution in [-0.4, -0.2) is 28.3 Å². The third kappa shape index (κ3) is 2.55. The molecule has 1 saturated heterocycles. The fourth-order valence-corrected chi connectivity index (χ4v) is 2.29. The molecule has 0 saturated carbocycles. The number of rotatable bonds is 3.